The minimum absolute atomic E-state index is 0.0793. The fourth-order valence-corrected chi connectivity index (χ4v) is 3.03. The van der Waals surface area contributed by atoms with Gasteiger partial charge in [0.05, 0.1) is 11.5 Å². The van der Waals surface area contributed by atoms with Crippen LogP contribution in [-0.4, -0.2) is 13.5 Å². The molecule has 0 heterocycles. The third-order valence-electron chi connectivity index (χ3n) is 2.81. The maximum atomic E-state index is 12.1. The molecule has 0 aliphatic rings. The molecule has 2 N–H and O–H groups in total. The number of rotatable bonds is 5. The molecule has 0 saturated carbocycles. The van der Waals surface area contributed by atoms with Gasteiger partial charge >= 0.3 is 0 Å². The first kappa shape index (κ1) is 15.0. The molecule has 20 heavy (non-hydrogen) atoms. The molecular formula is C14H14ClNO3S. The topological polar surface area (TPSA) is 66.4 Å². The number of hydrogen-bond acceptors (Lipinski definition) is 3. The van der Waals surface area contributed by atoms with Crippen LogP contribution in [-0.2, 0) is 23.2 Å². The average molecular weight is 312 g/mol. The van der Waals surface area contributed by atoms with Crippen LogP contribution in [0.2, 0.25) is 5.02 Å². The molecule has 0 saturated heterocycles. The highest BCUT2D eigenvalue weighted by atomic mass is 35.5. The summed E-state index contributed by atoms with van der Waals surface area (Å²) in [7, 11) is -3.62. The number of nitrogens with one attached hydrogen (secondary N) is 1. The monoisotopic (exact) mass is 311 g/mol. The van der Waals surface area contributed by atoms with Crippen molar-refractivity contribution >= 4 is 21.6 Å². The van der Waals surface area contributed by atoms with Crippen LogP contribution >= 0.6 is 11.6 Å². The Morgan fingerprint density at radius 2 is 1.80 bits per heavy atom. The van der Waals surface area contributed by atoms with Gasteiger partial charge < -0.3 is 5.11 Å². The Labute approximate surface area is 123 Å². The zero-order chi connectivity index (χ0) is 14.6. The predicted octanol–water partition coefficient (Wildman–Crippen LogP) is 2.31. The second-order valence-corrected chi connectivity index (χ2v) is 6.40. The highest BCUT2D eigenvalue weighted by Crippen LogP contribution is 2.21. The van der Waals surface area contributed by atoms with Crippen LogP contribution in [0, 0.1) is 0 Å². The Morgan fingerprint density at radius 3 is 2.40 bits per heavy atom. The van der Waals surface area contributed by atoms with E-state index in [9.17, 15) is 8.42 Å². The molecule has 2 aromatic carbocycles. The van der Waals surface area contributed by atoms with Crippen molar-refractivity contribution in [3.8, 4) is 0 Å². The van der Waals surface area contributed by atoms with Crippen molar-refractivity contribution in [3.05, 3.63) is 64.7 Å². The molecule has 4 nitrogen and oxygen atoms in total. The Morgan fingerprint density at radius 1 is 1.10 bits per heavy atom. The Bertz CT molecular complexity index is 687. The molecule has 2 rings (SSSR count). The minimum atomic E-state index is -3.62. The minimum Gasteiger partial charge on any atom is -0.392 e. The lowest BCUT2D eigenvalue weighted by Crippen LogP contribution is -2.23. The number of aliphatic hydroxyl groups is 1. The Hall–Kier alpha value is -1.40. The molecule has 0 aliphatic heterocycles. The lowest BCUT2D eigenvalue weighted by atomic mass is 10.2. The van der Waals surface area contributed by atoms with Gasteiger partial charge in [0.1, 0.15) is 0 Å². The van der Waals surface area contributed by atoms with E-state index in [1.807, 2.05) is 30.3 Å². The van der Waals surface area contributed by atoms with Gasteiger partial charge in [0, 0.05) is 11.6 Å². The average Bonchev–Trinajstić information content (AvgIpc) is 2.46. The van der Waals surface area contributed by atoms with Crippen molar-refractivity contribution in [2.75, 3.05) is 0 Å². The van der Waals surface area contributed by atoms with E-state index in [0.29, 0.717) is 5.56 Å². The molecule has 0 aromatic heterocycles. The van der Waals surface area contributed by atoms with Gasteiger partial charge in [0.15, 0.2) is 0 Å². The van der Waals surface area contributed by atoms with Crippen molar-refractivity contribution in [3.63, 3.8) is 0 Å². The third kappa shape index (κ3) is 3.58. The zero-order valence-corrected chi connectivity index (χ0v) is 12.2. The van der Waals surface area contributed by atoms with Crippen LogP contribution in [0.4, 0.5) is 0 Å². The number of benzene rings is 2. The normalized spacial score (nSPS) is 11.5. The Kier molecular flexibility index (Phi) is 4.77. The highest BCUT2D eigenvalue weighted by Gasteiger charge is 2.15. The molecule has 0 spiro atoms. The number of halogens is 1. The second-order valence-electron chi connectivity index (χ2n) is 4.22. The molecule has 2 aromatic rings. The molecule has 6 heteroatoms. The molecule has 0 atom stereocenters. The fourth-order valence-electron chi connectivity index (χ4n) is 1.68. The first-order valence-corrected chi connectivity index (χ1v) is 7.82. The summed E-state index contributed by atoms with van der Waals surface area (Å²) in [5.41, 5.74) is 1.36. The standard InChI is InChI=1S/C14H14ClNO3S/c15-14-8-13(7-6-12(14)10-17)20(18,19)16-9-11-4-2-1-3-5-11/h1-8,16-17H,9-10H2. The molecule has 0 amide bonds. The van der Waals surface area contributed by atoms with E-state index in [4.69, 9.17) is 16.7 Å². The van der Waals surface area contributed by atoms with E-state index >= 15 is 0 Å². The molecule has 106 valence electrons. The second kappa shape index (κ2) is 6.37. The first-order valence-electron chi connectivity index (χ1n) is 5.96. The van der Waals surface area contributed by atoms with Crippen molar-refractivity contribution in [1.29, 1.82) is 0 Å². The summed E-state index contributed by atoms with van der Waals surface area (Å²) in [4.78, 5) is 0.0793. The molecule has 0 unspecified atom stereocenters. The van der Waals surface area contributed by atoms with Crippen molar-refractivity contribution in [1.82, 2.24) is 4.72 Å². The number of hydrogen-bond donors (Lipinski definition) is 2. The smallest absolute Gasteiger partial charge is 0.240 e. The lowest BCUT2D eigenvalue weighted by Gasteiger charge is -2.08. The van der Waals surface area contributed by atoms with Gasteiger partial charge in [-0.2, -0.15) is 0 Å². The molecule has 0 bridgehead atoms. The van der Waals surface area contributed by atoms with Crippen LogP contribution in [0.15, 0.2) is 53.4 Å². The lowest BCUT2D eigenvalue weighted by molar-refractivity contribution is 0.282. The van der Waals surface area contributed by atoms with Crippen LogP contribution in [0.3, 0.4) is 0 Å². The van der Waals surface area contributed by atoms with Crippen LogP contribution < -0.4 is 4.72 Å². The summed E-state index contributed by atoms with van der Waals surface area (Å²) in [6.45, 7) is -0.0147. The van der Waals surface area contributed by atoms with Crippen LogP contribution in [0.25, 0.3) is 0 Å². The maximum absolute atomic E-state index is 12.1. The van der Waals surface area contributed by atoms with Gasteiger partial charge in [-0.3, -0.25) is 0 Å². The summed E-state index contributed by atoms with van der Waals surface area (Å²) in [5.74, 6) is 0. The molecule has 0 fully saturated rings. The van der Waals surface area contributed by atoms with E-state index in [-0.39, 0.29) is 23.1 Å². The summed E-state index contributed by atoms with van der Waals surface area (Å²) in [5, 5.41) is 9.25. The van der Waals surface area contributed by atoms with Gasteiger partial charge in [-0.25, -0.2) is 13.1 Å². The third-order valence-corrected chi connectivity index (χ3v) is 4.57. The molecular weight excluding hydrogens is 298 g/mol. The Balaban J connectivity index is 2.16. The van der Waals surface area contributed by atoms with Gasteiger partial charge in [-0.1, -0.05) is 48.0 Å². The van der Waals surface area contributed by atoms with E-state index in [1.54, 1.807) is 0 Å². The summed E-state index contributed by atoms with van der Waals surface area (Å²) < 4.78 is 26.8. The van der Waals surface area contributed by atoms with E-state index in [1.165, 1.54) is 18.2 Å². The summed E-state index contributed by atoms with van der Waals surface area (Å²) in [6.07, 6.45) is 0. The van der Waals surface area contributed by atoms with Crippen LogP contribution in [0.1, 0.15) is 11.1 Å². The van der Waals surface area contributed by atoms with Crippen molar-refractivity contribution in [2.45, 2.75) is 18.0 Å². The zero-order valence-electron chi connectivity index (χ0n) is 10.6. The fraction of sp³-hybridized carbons (Fsp3) is 0.143. The summed E-state index contributed by atoms with van der Waals surface area (Å²) in [6, 6.07) is 13.5. The quantitative estimate of drug-likeness (QED) is 0.890. The largest absolute Gasteiger partial charge is 0.392 e. The van der Waals surface area contributed by atoms with Gasteiger partial charge in [-0.15, -0.1) is 0 Å². The van der Waals surface area contributed by atoms with E-state index < -0.39 is 10.0 Å². The summed E-state index contributed by atoms with van der Waals surface area (Å²) >= 11 is 5.90. The van der Waals surface area contributed by atoms with Crippen molar-refractivity contribution < 1.29 is 13.5 Å². The molecule has 0 aliphatic carbocycles. The predicted molar refractivity (Wildman–Crippen MR) is 77.8 cm³/mol. The van der Waals surface area contributed by atoms with Crippen LogP contribution in [0.5, 0.6) is 0 Å². The van der Waals surface area contributed by atoms with Gasteiger partial charge in [0.25, 0.3) is 0 Å². The van der Waals surface area contributed by atoms with Gasteiger partial charge in [-0.05, 0) is 23.3 Å². The van der Waals surface area contributed by atoms with E-state index in [2.05, 4.69) is 4.72 Å². The highest BCUT2D eigenvalue weighted by molar-refractivity contribution is 7.89. The first-order chi connectivity index (χ1) is 9.53. The van der Waals surface area contributed by atoms with E-state index in [0.717, 1.165) is 5.56 Å². The number of aliphatic hydroxyl groups excluding tert-OH is 1. The SMILES string of the molecule is O=S(=O)(NCc1ccccc1)c1ccc(CO)c(Cl)c1. The maximum Gasteiger partial charge on any atom is 0.240 e. The number of sulfonamides is 1. The molecule has 0 radical (unpaired) electrons. The van der Waals surface area contributed by atoms with Crippen molar-refractivity contribution in [2.24, 2.45) is 0 Å². The van der Waals surface area contributed by atoms with Gasteiger partial charge in [0.2, 0.25) is 10.0 Å².